The lowest BCUT2D eigenvalue weighted by Crippen LogP contribution is -2.40. The van der Waals surface area contributed by atoms with E-state index in [0.29, 0.717) is 0 Å². The maximum absolute atomic E-state index is 12.1. The van der Waals surface area contributed by atoms with Crippen LogP contribution in [0.1, 0.15) is 16.6 Å². The number of carbonyl (C=O) groups excluding carboxylic acids is 1. The summed E-state index contributed by atoms with van der Waals surface area (Å²) in [6.07, 6.45) is -3.74. The van der Waals surface area contributed by atoms with Gasteiger partial charge in [0.25, 0.3) is 15.7 Å². The molecule has 1 fully saturated rings. The smallest absolute Gasteiger partial charge is 0.338 e. The number of nitrogens with zero attached hydrogens (tertiary/aromatic N) is 1. The van der Waals surface area contributed by atoms with Crippen molar-refractivity contribution >= 4 is 16.1 Å². The topological polar surface area (TPSA) is 154 Å². The van der Waals surface area contributed by atoms with E-state index in [9.17, 15) is 27.9 Å². The molecule has 3 rings (SSSR count). The Morgan fingerprint density at radius 2 is 1.93 bits per heavy atom. The van der Waals surface area contributed by atoms with Crippen molar-refractivity contribution in [1.82, 2.24) is 9.55 Å². The lowest BCUT2D eigenvalue weighted by atomic mass is 10.1. The third kappa shape index (κ3) is 4.98. The molecule has 0 amide bonds. The third-order valence-corrected chi connectivity index (χ3v) is 4.68. The van der Waals surface area contributed by atoms with Gasteiger partial charge < -0.3 is 14.6 Å². The number of rotatable bonds is 6. The fourth-order valence-electron chi connectivity index (χ4n) is 2.85. The molecule has 0 saturated carbocycles. The molecule has 1 saturated heterocycles. The fraction of sp³-hybridized carbons (Fsp3) is 0.353. The molecular formula is C17H18N2O9S. The number of benzene rings is 1. The van der Waals surface area contributed by atoms with Gasteiger partial charge in [-0.3, -0.25) is 18.5 Å². The van der Waals surface area contributed by atoms with Crippen LogP contribution in [0.2, 0.25) is 0 Å². The van der Waals surface area contributed by atoms with Gasteiger partial charge in [-0.1, -0.05) is 18.2 Å². The molecule has 2 heterocycles. The molecule has 0 spiro atoms. The van der Waals surface area contributed by atoms with Gasteiger partial charge in [-0.05, 0) is 12.1 Å². The Balaban J connectivity index is 1.82. The van der Waals surface area contributed by atoms with Crippen LogP contribution in [0.15, 0.2) is 52.2 Å². The molecule has 4 atom stereocenters. The molecule has 1 aliphatic heterocycles. The second kappa shape index (κ2) is 8.29. The van der Waals surface area contributed by atoms with E-state index in [1.54, 1.807) is 18.2 Å². The Hall–Kier alpha value is -2.80. The highest BCUT2D eigenvalue weighted by Crippen LogP contribution is 2.31. The molecule has 2 N–H and O–H groups in total. The molecular weight excluding hydrogens is 408 g/mol. The number of ether oxygens (including phenoxy) is 2. The molecule has 12 heteroatoms. The first-order valence-corrected chi connectivity index (χ1v) is 10.2. The van der Waals surface area contributed by atoms with E-state index < -0.39 is 58.5 Å². The van der Waals surface area contributed by atoms with E-state index >= 15 is 0 Å². The van der Waals surface area contributed by atoms with Gasteiger partial charge in [0.15, 0.2) is 6.23 Å². The van der Waals surface area contributed by atoms with Crippen molar-refractivity contribution in [1.29, 1.82) is 0 Å². The Labute approximate surface area is 164 Å². The summed E-state index contributed by atoms with van der Waals surface area (Å²) in [6, 6.07) is 9.09. The average molecular weight is 426 g/mol. The number of aromatic amines is 1. The zero-order valence-electron chi connectivity index (χ0n) is 15.1. The van der Waals surface area contributed by atoms with Crippen LogP contribution in [0, 0.1) is 0 Å². The number of carbonyl (C=O) groups is 1. The number of hydrogen-bond donors (Lipinski definition) is 2. The maximum Gasteiger partial charge on any atom is 0.338 e. The number of aliphatic hydroxyl groups is 1. The molecule has 11 nitrogen and oxygen atoms in total. The van der Waals surface area contributed by atoms with Crippen LogP contribution < -0.4 is 11.2 Å². The predicted molar refractivity (Wildman–Crippen MR) is 97.7 cm³/mol. The summed E-state index contributed by atoms with van der Waals surface area (Å²) in [7, 11) is -4.01. The van der Waals surface area contributed by atoms with E-state index in [1.165, 1.54) is 12.1 Å². The first kappa shape index (κ1) is 20.9. The van der Waals surface area contributed by atoms with E-state index in [4.69, 9.17) is 13.7 Å². The van der Waals surface area contributed by atoms with Crippen LogP contribution in [0.3, 0.4) is 0 Å². The van der Waals surface area contributed by atoms with Gasteiger partial charge in [0, 0.05) is 12.3 Å². The highest BCUT2D eigenvalue weighted by Gasteiger charge is 2.48. The first-order valence-electron chi connectivity index (χ1n) is 8.41. The van der Waals surface area contributed by atoms with Crippen molar-refractivity contribution in [2.45, 2.75) is 24.5 Å². The lowest BCUT2D eigenvalue weighted by Gasteiger charge is -2.19. The van der Waals surface area contributed by atoms with Gasteiger partial charge >= 0.3 is 11.7 Å². The van der Waals surface area contributed by atoms with Gasteiger partial charge in [0.2, 0.25) is 0 Å². The summed E-state index contributed by atoms with van der Waals surface area (Å²) in [5.74, 6) is -0.688. The van der Waals surface area contributed by atoms with E-state index in [2.05, 4.69) is 0 Å². The minimum Gasteiger partial charge on any atom is -0.459 e. The van der Waals surface area contributed by atoms with Gasteiger partial charge in [-0.15, -0.1) is 0 Å². The van der Waals surface area contributed by atoms with Gasteiger partial charge in [-0.2, -0.15) is 8.42 Å². The van der Waals surface area contributed by atoms with E-state index in [0.717, 1.165) is 23.1 Å². The van der Waals surface area contributed by atoms with Crippen molar-refractivity contribution in [3.63, 3.8) is 0 Å². The van der Waals surface area contributed by atoms with Gasteiger partial charge in [0.1, 0.15) is 24.9 Å². The summed E-state index contributed by atoms with van der Waals surface area (Å²) in [5, 5.41) is 10.5. The summed E-state index contributed by atoms with van der Waals surface area (Å²) in [5.41, 5.74) is -1.27. The van der Waals surface area contributed by atoms with Crippen molar-refractivity contribution < 1.29 is 32.0 Å². The maximum atomic E-state index is 12.1. The van der Waals surface area contributed by atoms with Crippen LogP contribution in [-0.2, 0) is 23.8 Å². The molecule has 0 aliphatic carbocycles. The SMILES string of the molecule is CS(=O)(=O)O[C@H]1[C@@H](O)[C@@H](n2ccc(=O)[nH]c2=O)O[C@H]1COC(=O)c1ccccc1. The third-order valence-electron chi connectivity index (χ3n) is 4.11. The largest absolute Gasteiger partial charge is 0.459 e. The average Bonchev–Trinajstić information content (AvgIpc) is 2.95. The second-order valence-corrected chi connectivity index (χ2v) is 7.90. The standard InChI is InChI=1S/C17H18N2O9S/c1-29(24,25)28-14-11(9-26-16(22)10-5-3-2-4-6-10)27-15(13(14)21)19-8-7-12(20)18-17(19)23/h2-8,11,13-15,21H,9H2,1H3,(H,18,20,23)/t11-,13+,14+,15-/m0/s1. The molecule has 29 heavy (non-hydrogen) atoms. The van der Waals surface area contributed by atoms with Crippen LogP contribution in [-0.4, -0.2) is 60.2 Å². The molecule has 1 aliphatic rings. The van der Waals surface area contributed by atoms with E-state index in [1.807, 2.05) is 4.98 Å². The second-order valence-electron chi connectivity index (χ2n) is 6.30. The number of hydrogen-bond acceptors (Lipinski definition) is 9. The molecule has 0 radical (unpaired) electrons. The van der Waals surface area contributed by atoms with Crippen molar-refractivity contribution in [3.05, 3.63) is 69.0 Å². The highest BCUT2D eigenvalue weighted by atomic mass is 32.2. The number of aromatic nitrogens is 2. The lowest BCUT2D eigenvalue weighted by molar-refractivity contribution is -0.0589. The summed E-state index contributed by atoms with van der Waals surface area (Å²) < 4.78 is 39.6. The normalized spacial score (nSPS) is 24.3. The summed E-state index contributed by atoms with van der Waals surface area (Å²) >= 11 is 0. The Bertz CT molecular complexity index is 1090. The summed E-state index contributed by atoms with van der Waals surface area (Å²) in [6.45, 7) is -0.445. The zero-order chi connectivity index (χ0) is 21.2. The Morgan fingerprint density at radius 3 is 2.55 bits per heavy atom. The predicted octanol–water partition coefficient (Wildman–Crippen LogP) is -1.00. The van der Waals surface area contributed by atoms with Crippen molar-refractivity contribution in [2.24, 2.45) is 0 Å². The number of esters is 1. The Kier molecular flexibility index (Phi) is 5.98. The number of nitrogens with one attached hydrogen (secondary N) is 1. The number of aliphatic hydroxyl groups excluding tert-OH is 1. The summed E-state index contributed by atoms with van der Waals surface area (Å²) in [4.78, 5) is 37.4. The fourth-order valence-corrected chi connectivity index (χ4v) is 3.49. The zero-order valence-corrected chi connectivity index (χ0v) is 15.9. The van der Waals surface area contributed by atoms with Crippen LogP contribution in [0.5, 0.6) is 0 Å². The highest BCUT2D eigenvalue weighted by molar-refractivity contribution is 7.86. The molecule has 2 aromatic rings. The minimum absolute atomic E-state index is 0.264. The van der Waals surface area contributed by atoms with Crippen molar-refractivity contribution in [3.8, 4) is 0 Å². The molecule has 156 valence electrons. The first-order chi connectivity index (χ1) is 13.7. The van der Waals surface area contributed by atoms with Crippen molar-refractivity contribution in [2.75, 3.05) is 12.9 Å². The quantitative estimate of drug-likeness (QED) is 0.437. The minimum atomic E-state index is -4.01. The molecule has 1 aromatic heterocycles. The number of H-pyrrole nitrogens is 1. The van der Waals surface area contributed by atoms with Gasteiger partial charge in [-0.25, -0.2) is 9.59 Å². The van der Waals surface area contributed by atoms with Gasteiger partial charge in [0.05, 0.1) is 11.8 Å². The molecule has 0 unspecified atom stereocenters. The monoisotopic (exact) mass is 426 g/mol. The van der Waals surface area contributed by atoms with Crippen LogP contribution in [0.4, 0.5) is 0 Å². The van der Waals surface area contributed by atoms with Crippen LogP contribution in [0.25, 0.3) is 0 Å². The Morgan fingerprint density at radius 1 is 1.24 bits per heavy atom. The molecule has 1 aromatic carbocycles. The van der Waals surface area contributed by atoms with E-state index in [-0.39, 0.29) is 5.56 Å². The van der Waals surface area contributed by atoms with Crippen LogP contribution >= 0.6 is 0 Å². The molecule has 0 bridgehead atoms.